The van der Waals surface area contributed by atoms with Crippen molar-refractivity contribution in [1.29, 1.82) is 0 Å². The van der Waals surface area contributed by atoms with Crippen LogP contribution in [0.2, 0.25) is 0 Å². The van der Waals surface area contributed by atoms with Gasteiger partial charge in [0.05, 0.1) is 6.04 Å². The van der Waals surface area contributed by atoms with Crippen LogP contribution in [0.4, 0.5) is 0 Å². The average Bonchev–Trinajstić information content (AvgIpc) is 1.82. The Balaban J connectivity index is 3.41. The lowest BCUT2D eigenvalue weighted by atomic mass is 10.3. The first-order valence-electron chi connectivity index (χ1n) is 2.69. The molecule has 0 fully saturated rings. The zero-order valence-electron chi connectivity index (χ0n) is 5.33. The van der Waals surface area contributed by atoms with Gasteiger partial charge in [0, 0.05) is 6.54 Å². The second-order valence-corrected chi connectivity index (χ2v) is 2.13. The summed E-state index contributed by atoms with van der Waals surface area (Å²) in [5.41, 5.74) is 0. The van der Waals surface area contributed by atoms with Crippen molar-refractivity contribution in [3.05, 3.63) is 0 Å². The van der Waals surface area contributed by atoms with E-state index < -0.39 is 6.29 Å². The zero-order valence-corrected chi connectivity index (χ0v) is 6.49. The minimum Gasteiger partial charge on any atom is -0.367 e. The maximum absolute atomic E-state index is 8.59. The summed E-state index contributed by atoms with van der Waals surface area (Å²) in [6, 6.07) is -0.303. The Bertz CT molecular complexity index is 71.6. The van der Waals surface area contributed by atoms with Crippen molar-refractivity contribution in [2.45, 2.75) is 12.3 Å². The van der Waals surface area contributed by atoms with E-state index in [-0.39, 0.29) is 6.04 Å². The van der Waals surface area contributed by atoms with Crippen molar-refractivity contribution >= 4 is 9.39 Å². The molecule has 0 spiro atoms. The molecule has 0 amide bonds. The van der Waals surface area contributed by atoms with Gasteiger partial charge in [-0.25, -0.2) is 0 Å². The molecular weight excluding hydrogens is 139 g/mol. The van der Waals surface area contributed by atoms with Gasteiger partial charge >= 0.3 is 0 Å². The highest BCUT2D eigenvalue weighted by Crippen LogP contribution is 1.86. The molecule has 2 atom stereocenters. The van der Waals surface area contributed by atoms with E-state index in [9.17, 15) is 0 Å². The SMILES string of the molecule is CNC(CNP)C(O)O. The van der Waals surface area contributed by atoms with Gasteiger partial charge in [0.15, 0.2) is 6.29 Å². The average molecular weight is 152 g/mol. The van der Waals surface area contributed by atoms with Gasteiger partial charge < -0.3 is 15.5 Å². The smallest absolute Gasteiger partial charge is 0.168 e. The van der Waals surface area contributed by atoms with E-state index in [1.165, 1.54) is 0 Å². The summed E-state index contributed by atoms with van der Waals surface area (Å²) in [7, 11) is 3.96. The van der Waals surface area contributed by atoms with E-state index in [4.69, 9.17) is 10.2 Å². The Labute approximate surface area is 56.9 Å². The predicted octanol–water partition coefficient (Wildman–Crippen LogP) is -1.74. The predicted molar refractivity (Wildman–Crippen MR) is 38.8 cm³/mol. The topological polar surface area (TPSA) is 64.5 Å². The molecule has 0 aliphatic carbocycles. The molecule has 0 bridgehead atoms. The molecule has 0 saturated carbocycles. The summed E-state index contributed by atoms with van der Waals surface area (Å²) in [5.74, 6) is 0. The van der Waals surface area contributed by atoms with Crippen molar-refractivity contribution in [1.82, 2.24) is 10.4 Å². The van der Waals surface area contributed by atoms with Gasteiger partial charge in [-0.05, 0) is 7.05 Å². The Morgan fingerprint density at radius 3 is 2.22 bits per heavy atom. The van der Waals surface area contributed by atoms with Gasteiger partial charge in [0.2, 0.25) is 0 Å². The molecule has 0 heterocycles. The number of likely N-dealkylation sites (N-methyl/N-ethyl adjacent to an activating group) is 1. The lowest BCUT2D eigenvalue weighted by Gasteiger charge is -2.16. The molecule has 0 saturated heterocycles. The van der Waals surface area contributed by atoms with Crippen LogP contribution in [0.15, 0.2) is 0 Å². The van der Waals surface area contributed by atoms with Crippen molar-refractivity contribution in [3.8, 4) is 0 Å². The van der Waals surface area contributed by atoms with Gasteiger partial charge in [0.25, 0.3) is 0 Å². The fourth-order valence-corrected chi connectivity index (χ4v) is 0.737. The number of hydrogen-bond acceptors (Lipinski definition) is 4. The number of hydrogen-bond donors (Lipinski definition) is 4. The van der Waals surface area contributed by atoms with Crippen LogP contribution >= 0.6 is 9.39 Å². The minimum absolute atomic E-state index is 0.303. The van der Waals surface area contributed by atoms with E-state index >= 15 is 0 Å². The molecule has 0 aliphatic rings. The van der Waals surface area contributed by atoms with E-state index in [1.807, 2.05) is 0 Å². The van der Waals surface area contributed by atoms with E-state index in [0.29, 0.717) is 6.54 Å². The summed E-state index contributed by atoms with van der Waals surface area (Å²) in [6.45, 7) is 0.513. The molecule has 5 heteroatoms. The Morgan fingerprint density at radius 1 is 1.56 bits per heavy atom. The van der Waals surface area contributed by atoms with Crippen molar-refractivity contribution in [2.24, 2.45) is 0 Å². The molecule has 0 rings (SSSR count). The summed E-state index contributed by atoms with van der Waals surface area (Å²) in [4.78, 5) is 0. The summed E-state index contributed by atoms with van der Waals surface area (Å²) < 4.78 is 0. The Kier molecular flexibility index (Phi) is 5.24. The molecule has 9 heavy (non-hydrogen) atoms. The van der Waals surface area contributed by atoms with Crippen LogP contribution in [0.5, 0.6) is 0 Å². The van der Waals surface area contributed by atoms with Crippen LogP contribution in [-0.2, 0) is 0 Å². The molecule has 4 nitrogen and oxygen atoms in total. The number of rotatable bonds is 4. The molecule has 0 radical (unpaired) electrons. The number of aliphatic hydroxyl groups is 2. The van der Waals surface area contributed by atoms with Gasteiger partial charge in [-0.2, -0.15) is 0 Å². The Hall–Kier alpha value is 0.270. The molecule has 2 unspecified atom stereocenters. The van der Waals surface area contributed by atoms with E-state index in [2.05, 4.69) is 19.8 Å². The third-order valence-corrected chi connectivity index (χ3v) is 1.30. The van der Waals surface area contributed by atoms with Crippen molar-refractivity contribution in [2.75, 3.05) is 13.6 Å². The van der Waals surface area contributed by atoms with Gasteiger partial charge in [-0.15, -0.1) is 0 Å². The third-order valence-electron chi connectivity index (χ3n) is 1.07. The van der Waals surface area contributed by atoms with Crippen LogP contribution in [-0.4, -0.2) is 36.1 Å². The second-order valence-electron chi connectivity index (χ2n) is 1.72. The number of aliphatic hydroxyl groups excluding tert-OH is 1. The molecule has 0 aliphatic heterocycles. The first-order chi connectivity index (χ1) is 4.22. The highest BCUT2D eigenvalue weighted by Gasteiger charge is 2.11. The van der Waals surface area contributed by atoms with Crippen LogP contribution in [0, 0.1) is 0 Å². The van der Waals surface area contributed by atoms with Crippen LogP contribution in [0.1, 0.15) is 0 Å². The third kappa shape index (κ3) is 3.78. The Morgan fingerprint density at radius 2 is 2.11 bits per heavy atom. The van der Waals surface area contributed by atoms with Gasteiger partial charge in [-0.1, -0.05) is 9.39 Å². The number of nitrogens with one attached hydrogen (secondary N) is 2. The first-order valence-corrected chi connectivity index (χ1v) is 3.27. The second kappa shape index (κ2) is 5.09. The molecule has 0 aromatic rings. The summed E-state index contributed by atoms with van der Waals surface area (Å²) >= 11 is 0. The lowest BCUT2D eigenvalue weighted by Crippen LogP contribution is -2.43. The first kappa shape index (κ1) is 9.27. The summed E-state index contributed by atoms with van der Waals surface area (Å²) in [6.07, 6.45) is -1.30. The zero-order chi connectivity index (χ0) is 7.28. The standard InChI is InChI=1S/C4H13N2O2P/c1-5-3(2-6-9)4(7)8/h3-8H,2,9H2,1H3. The fraction of sp³-hybridized carbons (Fsp3) is 1.00. The quantitative estimate of drug-likeness (QED) is 0.285. The minimum atomic E-state index is -1.30. The maximum Gasteiger partial charge on any atom is 0.168 e. The maximum atomic E-state index is 8.59. The highest BCUT2D eigenvalue weighted by atomic mass is 31.0. The van der Waals surface area contributed by atoms with Gasteiger partial charge in [0.1, 0.15) is 0 Å². The van der Waals surface area contributed by atoms with Crippen LogP contribution in [0.3, 0.4) is 0 Å². The molecule has 0 aromatic carbocycles. The van der Waals surface area contributed by atoms with Gasteiger partial charge in [-0.3, -0.25) is 5.09 Å². The van der Waals surface area contributed by atoms with Crippen molar-refractivity contribution < 1.29 is 10.2 Å². The monoisotopic (exact) mass is 152 g/mol. The van der Waals surface area contributed by atoms with E-state index in [0.717, 1.165) is 0 Å². The molecular formula is C4H13N2O2P. The summed E-state index contributed by atoms with van der Waals surface area (Å²) in [5, 5.41) is 22.6. The van der Waals surface area contributed by atoms with Crippen LogP contribution < -0.4 is 10.4 Å². The molecule has 0 aromatic heterocycles. The highest BCUT2D eigenvalue weighted by molar-refractivity contribution is 7.13. The largest absolute Gasteiger partial charge is 0.367 e. The van der Waals surface area contributed by atoms with E-state index in [1.54, 1.807) is 7.05 Å². The van der Waals surface area contributed by atoms with Crippen molar-refractivity contribution in [3.63, 3.8) is 0 Å². The molecule has 4 N–H and O–H groups in total. The van der Waals surface area contributed by atoms with Crippen LogP contribution in [0.25, 0.3) is 0 Å². The normalized spacial score (nSPS) is 14.3. The molecule has 56 valence electrons. The lowest BCUT2D eigenvalue weighted by molar-refractivity contribution is -0.0635. The fourth-order valence-electron chi connectivity index (χ4n) is 0.484.